The van der Waals surface area contributed by atoms with Crippen LogP contribution in [0.15, 0.2) is 35.1 Å². The molecule has 0 amide bonds. The molecule has 0 saturated carbocycles. The van der Waals surface area contributed by atoms with Crippen LogP contribution in [0.5, 0.6) is 5.88 Å². The number of aromatic amines is 1. The maximum atomic E-state index is 12.4. The second kappa shape index (κ2) is 8.16. The van der Waals surface area contributed by atoms with Crippen LogP contribution in [0.1, 0.15) is 31.4 Å². The number of H-pyrrole nitrogens is 1. The number of aryl methyl sites for hydroxylation is 1. The number of hydrogen-bond donors (Lipinski definition) is 1. The highest BCUT2D eigenvalue weighted by Crippen LogP contribution is 2.22. The van der Waals surface area contributed by atoms with E-state index in [0.29, 0.717) is 29.6 Å². The third-order valence-electron chi connectivity index (χ3n) is 5.28. The monoisotopic (exact) mass is 394 g/mol. The van der Waals surface area contributed by atoms with Crippen LogP contribution in [0.4, 0.5) is 5.95 Å². The number of fused-ring (bicyclic) bond motifs is 1. The number of rotatable bonds is 5. The molecule has 29 heavy (non-hydrogen) atoms. The molecular weight excluding hydrogens is 368 g/mol. The van der Waals surface area contributed by atoms with Gasteiger partial charge in [-0.25, -0.2) is 9.97 Å². The van der Waals surface area contributed by atoms with Crippen LogP contribution in [0, 0.1) is 6.92 Å². The molecule has 1 unspecified atom stereocenters. The van der Waals surface area contributed by atoms with Crippen molar-refractivity contribution in [1.82, 2.24) is 24.8 Å². The molecular formula is C21H26N6O2. The van der Waals surface area contributed by atoms with E-state index in [4.69, 9.17) is 4.74 Å². The molecule has 2 aromatic heterocycles. The molecule has 0 radical (unpaired) electrons. The maximum absolute atomic E-state index is 12.4. The average Bonchev–Trinajstić information content (AvgIpc) is 2.73. The molecule has 0 spiro atoms. The van der Waals surface area contributed by atoms with Crippen molar-refractivity contribution in [3.8, 4) is 5.88 Å². The highest BCUT2D eigenvalue weighted by Gasteiger charge is 2.25. The van der Waals surface area contributed by atoms with Gasteiger partial charge in [-0.15, -0.1) is 0 Å². The number of benzene rings is 1. The number of nitrogens with zero attached hydrogens (tertiary/aromatic N) is 5. The van der Waals surface area contributed by atoms with Crippen LogP contribution in [-0.2, 0) is 0 Å². The van der Waals surface area contributed by atoms with Crippen molar-refractivity contribution >= 4 is 16.9 Å². The second-order valence-corrected chi connectivity index (χ2v) is 7.25. The van der Waals surface area contributed by atoms with Crippen LogP contribution in [-0.4, -0.2) is 57.6 Å². The molecule has 152 valence electrons. The van der Waals surface area contributed by atoms with Crippen molar-refractivity contribution in [2.45, 2.75) is 26.8 Å². The van der Waals surface area contributed by atoms with Crippen LogP contribution >= 0.6 is 0 Å². The van der Waals surface area contributed by atoms with Gasteiger partial charge in [-0.3, -0.25) is 9.69 Å². The first-order valence-electron chi connectivity index (χ1n) is 10.0. The van der Waals surface area contributed by atoms with Crippen LogP contribution < -0.4 is 15.2 Å². The van der Waals surface area contributed by atoms with Crippen molar-refractivity contribution in [2.75, 3.05) is 37.7 Å². The lowest BCUT2D eigenvalue weighted by Crippen LogP contribution is -2.48. The van der Waals surface area contributed by atoms with E-state index in [1.807, 2.05) is 38.1 Å². The summed E-state index contributed by atoms with van der Waals surface area (Å²) in [5.41, 5.74) is 1.54. The Hall–Kier alpha value is -3.00. The van der Waals surface area contributed by atoms with E-state index >= 15 is 0 Å². The van der Waals surface area contributed by atoms with Gasteiger partial charge in [0.15, 0.2) is 0 Å². The van der Waals surface area contributed by atoms with Gasteiger partial charge in [0, 0.05) is 37.9 Å². The largest absolute Gasteiger partial charge is 0.478 e. The quantitative estimate of drug-likeness (QED) is 0.710. The highest BCUT2D eigenvalue weighted by atomic mass is 16.5. The van der Waals surface area contributed by atoms with E-state index in [1.54, 1.807) is 6.07 Å². The molecule has 3 heterocycles. The third kappa shape index (κ3) is 4.07. The summed E-state index contributed by atoms with van der Waals surface area (Å²) >= 11 is 0. The van der Waals surface area contributed by atoms with Crippen molar-refractivity contribution in [3.63, 3.8) is 0 Å². The summed E-state index contributed by atoms with van der Waals surface area (Å²) in [4.78, 5) is 33.6. The highest BCUT2D eigenvalue weighted by molar-refractivity contribution is 5.77. The number of hydrogen-bond acceptors (Lipinski definition) is 7. The Labute approximate surface area is 169 Å². The average molecular weight is 394 g/mol. The summed E-state index contributed by atoms with van der Waals surface area (Å²) in [5.74, 6) is 2.02. The number of para-hydroxylation sites is 1. The molecule has 8 heteroatoms. The fraction of sp³-hybridized carbons (Fsp3) is 0.429. The van der Waals surface area contributed by atoms with E-state index in [-0.39, 0.29) is 11.6 Å². The van der Waals surface area contributed by atoms with Crippen LogP contribution in [0.25, 0.3) is 10.9 Å². The topological polar surface area (TPSA) is 87.2 Å². The molecule has 3 aromatic rings. The Kier molecular flexibility index (Phi) is 5.44. The molecule has 1 fully saturated rings. The molecule has 0 bridgehead atoms. The maximum Gasteiger partial charge on any atom is 0.258 e. The van der Waals surface area contributed by atoms with Gasteiger partial charge in [-0.1, -0.05) is 12.1 Å². The smallest absolute Gasteiger partial charge is 0.258 e. The molecule has 1 aromatic carbocycles. The van der Waals surface area contributed by atoms with Crippen molar-refractivity contribution in [2.24, 2.45) is 0 Å². The molecule has 1 aliphatic rings. The summed E-state index contributed by atoms with van der Waals surface area (Å²) in [6, 6.07) is 9.31. The first kappa shape index (κ1) is 19.3. The Bertz CT molecular complexity index is 1060. The predicted octanol–water partition coefficient (Wildman–Crippen LogP) is 2.30. The summed E-state index contributed by atoms with van der Waals surface area (Å²) in [6.07, 6.45) is 0. The minimum absolute atomic E-state index is 0.0202. The predicted molar refractivity (Wildman–Crippen MR) is 113 cm³/mol. The summed E-state index contributed by atoms with van der Waals surface area (Å²) < 4.78 is 5.55. The van der Waals surface area contributed by atoms with E-state index < -0.39 is 0 Å². The normalized spacial score (nSPS) is 16.2. The minimum atomic E-state index is -0.0901. The fourth-order valence-electron chi connectivity index (χ4n) is 3.67. The minimum Gasteiger partial charge on any atom is -0.478 e. The van der Waals surface area contributed by atoms with Gasteiger partial charge >= 0.3 is 0 Å². The lowest BCUT2D eigenvalue weighted by molar-refractivity contribution is 0.191. The van der Waals surface area contributed by atoms with Gasteiger partial charge < -0.3 is 14.6 Å². The molecule has 4 rings (SSSR count). The first-order chi connectivity index (χ1) is 14.0. The van der Waals surface area contributed by atoms with E-state index in [0.717, 1.165) is 37.4 Å². The number of aromatic nitrogens is 4. The Morgan fingerprint density at radius 3 is 2.66 bits per heavy atom. The standard InChI is InChI=1S/C21H26N6O2/c1-4-29-18-13-14(2)22-21(24-18)27-11-9-26(10-12-27)15(3)19-23-17-8-6-5-7-16(17)20(28)25-19/h5-8,13,15H,4,9-12H2,1-3H3,(H,23,25,28). The molecule has 0 aliphatic carbocycles. The molecule has 1 saturated heterocycles. The first-order valence-corrected chi connectivity index (χ1v) is 10.0. The zero-order chi connectivity index (χ0) is 20.4. The Morgan fingerprint density at radius 2 is 1.90 bits per heavy atom. The van der Waals surface area contributed by atoms with E-state index in [9.17, 15) is 4.79 Å². The SMILES string of the molecule is CCOc1cc(C)nc(N2CCN(C(C)c3nc4ccccc4c(=O)[nH]3)CC2)n1. The van der Waals surface area contributed by atoms with Gasteiger partial charge in [0.1, 0.15) is 5.82 Å². The molecule has 1 N–H and O–H groups in total. The van der Waals surface area contributed by atoms with Crippen molar-refractivity contribution in [3.05, 3.63) is 52.2 Å². The van der Waals surface area contributed by atoms with Gasteiger partial charge in [0.05, 0.1) is 23.6 Å². The van der Waals surface area contributed by atoms with Crippen molar-refractivity contribution < 1.29 is 4.74 Å². The van der Waals surface area contributed by atoms with Gasteiger partial charge in [-0.05, 0) is 32.9 Å². The molecule has 1 atom stereocenters. The zero-order valence-corrected chi connectivity index (χ0v) is 17.1. The number of anilines is 1. The number of ether oxygens (including phenoxy) is 1. The summed E-state index contributed by atoms with van der Waals surface area (Å²) in [5, 5.41) is 0.620. The van der Waals surface area contributed by atoms with Gasteiger partial charge in [0.25, 0.3) is 5.56 Å². The van der Waals surface area contributed by atoms with Crippen molar-refractivity contribution in [1.29, 1.82) is 0 Å². The van der Waals surface area contributed by atoms with E-state index in [1.165, 1.54) is 0 Å². The lowest BCUT2D eigenvalue weighted by Gasteiger charge is -2.37. The van der Waals surface area contributed by atoms with Crippen LogP contribution in [0.3, 0.4) is 0 Å². The number of nitrogens with one attached hydrogen (secondary N) is 1. The summed E-state index contributed by atoms with van der Waals surface area (Å²) in [6.45, 7) is 9.83. The third-order valence-corrected chi connectivity index (χ3v) is 5.28. The fourth-order valence-corrected chi connectivity index (χ4v) is 3.67. The Morgan fingerprint density at radius 1 is 1.14 bits per heavy atom. The van der Waals surface area contributed by atoms with E-state index in [2.05, 4.69) is 36.7 Å². The lowest BCUT2D eigenvalue weighted by atomic mass is 10.2. The zero-order valence-electron chi connectivity index (χ0n) is 17.1. The second-order valence-electron chi connectivity index (χ2n) is 7.25. The molecule has 8 nitrogen and oxygen atoms in total. The van der Waals surface area contributed by atoms with Crippen LogP contribution in [0.2, 0.25) is 0 Å². The summed E-state index contributed by atoms with van der Waals surface area (Å²) in [7, 11) is 0. The van der Waals surface area contributed by atoms with Gasteiger partial charge in [-0.2, -0.15) is 4.98 Å². The molecule has 1 aliphatic heterocycles. The van der Waals surface area contributed by atoms with Gasteiger partial charge in [0.2, 0.25) is 11.8 Å². The Balaban J connectivity index is 1.48. The number of piperazine rings is 1.